The van der Waals surface area contributed by atoms with Crippen molar-refractivity contribution in [3.05, 3.63) is 95.9 Å². The van der Waals surface area contributed by atoms with E-state index in [0.717, 1.165) is 32.4 Å². The van der Waals surface area contributed by atoms with Crippen LogP contribution in [0.1, 0.15) is 15.2 Å². The number of aromatic nitrogens is 7. The Labute approximate surface area is 226 Å². The number of H-pyrrole nitrogens is 2. The zero-order valence-electron chi connectivity index (χ0n) is 20.6. The van der Waals surface area contributed by atoms with Gasteiger partial charge in [0, 0.05) is 44.2 Å². The van der Waals surface area contributed by atoms with Crippen molar-refractivity contribution in [3.63, 3.8) is 0 Å². The summed E-state index contributed by atoms with van der Waals surface area (Å²) in [4.78, 5) is 36.6. The number of carbonyl (C=O) groups excluding carboxylic acids is 1. The number of amides is 1. The Balaban J connectivity index is 1.25. The van der Waals surface area contributed by atoms with Gasteiger partial charge in [-0.3, -0.25) is 19.9 Å². The summed E-state index contributed by atoms with van der Waals surface area (Å²) >= 11 is 1.72. The lowest BCUT2D eigenvalue weighted by Gasteiger charge is -2.07. The number of aromatic amines is 2. The highest BCUT2D eigenvalue weighted by Crippen LogP contribution is 2.34. The molecular formula is C29H20N8OS. The van der Waals surface area contributed by atoms with Crippen LogP contribution in [0.3, 0.4) is 0 Å². The maximum absolute atomic E-state index is 12.6. The maximum atomic E-state index is 12.6. The van der Waals surface area contributed by atoms with Gasteiger partial charge in [0.2, 0.25) is 0 Å². The van der Waals surface area contributed by atoms with Crippen LogP contribution >= 0.6 is 11.3 Å². The summed E-state index contributed by atoms with van der Waals surface area (Å²) in [5, 5.41) is 11.3. The van der Waals surface area contributed by atoms with Crippen molar-refractivity contribution in [2.24, 2.45) is 0 Å². The molecule has 9 nitrogen and oxygen atoms in total. The Morgan fingerprint density at radius 3 is 2.72 bits per heavy atom. The van der Waals surface area contributed by atoms with Crippen LogP contribution in [0.4, 0.5) is 5.69 Å². The lowest BCUT2D eigenvalue weighted by molar-refractivity contribution is 0.102. The molecule has 1 aromatic carbocycles. The Bertz CT molecular complexity index is 1990. The van der Waals surface area contributed by atoms with Crippen molar-refractivity contribution < 1.29 is 4.79 Å². The van der Waals surface area contributed by atoms with E-state index in [4.69, 9.17) is 4.98 Å². The van der Waals surface area contributed by atoms with E-state index < -0.39 is 0 Å². The average molecular weight is 529 g/mol. The van der Waals surface area contributed by atoms with E-state index >= 15 is 0 Å². The minimum atomic E-state index is -0.203. The van der Waals surface area contributed by atoms with Crippen molar-refractivity contribution in [3.8, 4) is 33.2 Å². The van der Waals surface area contributed by atoms with Crippen molar-refractivity contribution in [2.75, 3.05) is 5.32 Å². The van der Waals surface area contributed by atoms with Crippen molar-refractivity contribution >= 4 is 45.0 Å². The standard InChI is InChI=1S/C29H20N8OS/c1-16-7-8-24(39-16)20-9-10-31-27-25(20)34-28(35-27)26-21-12-22(32-15-23(21)36-37-26)18-11-19(14-30-13-18)33-29(38)17-5-3-2-4-6-17/h2-15H,1H3,(H,33,38)(H,36,37)(H,31,34,35). The van der Waals surface area contributed by atoms with E-state index in [1.807, 2.05) is 36.4 Å². The molecule has 7 aromatic rings. The molecule has 0 unspecified atom stereocenters. The molecule has 0 radical (unpaired) electrons. The number of carbonyl (C=O) groups is 1. The molecule has 0 spiro atoms. The topological polar surface area (TPSA) is 125 Å². The van der Waals surface area contributed by atoms with Gasteiger partial charge in [-0.2, -0.15) is 5.10 Å². The molecule has 7 rings (SSSR count). The largest absolute Gasteiger partial charge is 0.321 e. The highest BCUT2D eigenvalue weighted by atomic mass is 32.1. The van der Waals surface area contributed by atoms with Gasteiger partial charge in [-0.1, -0.05) is 18.2 Å². The first-order valence-electron chi connectivity index (χ1n) is 12.2. The molecule has 6 aromatic heterocycles. The third kappa shape index (κ3) is 4.22. The third-order valence-corrected chi connectivity index (χ3v) is 7.42. The van der Waals surface area contributed by atoms with E-state index in [9.17, 15) is 4.79 Å². The first-order chi connectivity index (χ1) is 19.1. The summed E-state index contributed by atoms with van der Waals surface area (Å²) in [7, 11) is 0. The predicted octanol–water partition coefficient (Wildman–Crippen LogP) is 6.25. The van der Waals surface area contributed by atoms with Crippen molar-refractivity contribution in [2.45, 2.75) is 6.92 Å². The monoisotopic (exact) mass is 528 g/mol. The summed E-state index contributed by atoms with van der Waals surface area (Å²) < 4.78 is 0. The molecule has 188 valence electrons. The molecule has 0 saturated carbocycles. The number of thiophene rings is 1. The zero-order valence-corrected chi connectivity index (χ0v) is 21.5. The number of benzene rings is 1. The van der Waals surface area contributed by atoms with Crippen LogP contribution in [-0.4, -0.2) is 41.0 Å². The fraction of sp³-hybridized carbons (Fsp3) is 0.0345. The number of nitrogens with zero attached hydrogens (tertiary/aromatic N) is 5. The van der Waals surface area contributed by atoms with E-state index in [1.165, 1.54) is 4.88 Å². The third-order valence-electron chi connectivity index (χ3n) is 6.39. The second-order valence-corrected chi connectivity index (χ2v) is 10.3. The number of aryl methyl sites for hydroxylation is 1. The van der Waals surface area contributed by atoms with Crippen LogP contribution < -0.4 is 5.32 Å². The molecule has 39 heavy (non-hydrogen) atoms. The molecule has 6 heterocycles. The number of rotatable bonds is 5. The molecule has 0 fully saturated rings. The van der Waals surface area contributed by atoms with Crippen molar-refractivity contribution in [1.82, 2.24) is 35.1 Å². The quantitative estimate of drug-likeness (QED) is 0.243. The molecule has 3 N–H and O–H groups in total. The van der Waals surface area contributed by atoms with Crippen LogP contribution in [0.25, 0.3) is 55.3 Å². The summed E-state index contributed by atoms with van der Waals surface area (Å²) in [6, 6.07) is 19.0. The lowest BCUT2D eigenvalue weighted by Crippen LogP contribution is -2.11. The summed E-state index contributed by atoms with van der Waals surface area (Å²) in [5.41, 5.74) is 6.57. The zero-order chi connectivity index (χ0) is 26.3. The van der Waals surface area contributed by atoms with Crippen LogP contribution in [0.5, 0.6) is 0 Å². The summed E-state index contributed by atoms with van der Waals surface area (Å²) in [6.45, 7) is 2.09. The van der Waals surface area contributed by atoms with Gasteiger partial charge < -0.3 is 10.3 Å². The van der Waals surface area contributed by atoms with Crippen LogP contribution in [0, 0.1) is 6.92 Å². The van der Waals surface area contributed by atoms with Gasteiger partial charge in [0.05, 0.1) is 29.3 Å². The van der Waals surface area contributed by atoms with E-state index in [-0.39, 0.29) is 5.91 Å². The average Bonchev–Trinajstić information content (AvgIpc) is 3.71. The van der Waals surface area contributed by atoms with E-state index in [2.05, 4.69) is 54.5 Å². The van der Waals surface area contributed by atoms with Gasteiger partial charge in [0.1, 0.15) is 11.2 Å². The Hall–Kier alpha value is -5.22. The second-order valence-electron chi connectivity index (χ2n) is 9.02. The summed E-state index contributed by atoms with van der Waals surface area (Å²) in [6.07, 6.45) is 6.85. The molecule has 0 aliphatic heterocycles. The highest BCUT2D eigenvalue weighted by Gasteiger charge is 2.17. The van der Waals surface area contributed by atoms with Gasteiger partial charge in [0.15, 0.2) is 11.5 Å². The number of hydrogen-bond acceptors (Lipinski definition) is 7. The maximum Gasteiger partial charge on any atom is 0.255 e. The van der Waals surface area contributed by atoms with Crippen molar-refractivity contribution in [1.29, 1.82) is 0 Å². The smallest absolute Gasteiger partial charge is 0.255 e. The first-order valence-corrected chi connectivity index (χ1v) is 13.0. The Morgan fingerprint density at radius 2 is 1.87 bits per heavy atom. The Morgan fingerprint density at radius 1 is 0.974 bits per heavy atom. The lowest BCUT2D eigenvalue weighted by atomic mass is 10.1. The van der Waals surface area contributed by atoms with Gasteiger partial charge in [0.25, 0.3) is 5.91 Å². The minimum absolute atomic E-state index is 0.203. The number of nitrogens with one attached hydrogen (secondary N) is 3. The van der Waals surface area contributed by atoms with Gasteiger partial charge in [-0.05, 0) is 49.4 Å². The summed E-state index contributed by atoms with van der Waals surface area (Å²) in [5.74, 6) is 0.411. The SMILES string of the molecule is Cc1ccc(-c2ccnc3[nH]c(-c4n[nH]c5cnc(-c6cncc(NC(=O)c7ccccc7)c6)cc45)nc23)s1. The van der Waals surface area contributed by atoms with Crippen LogP contribution in [0.15, 0.2) is 85.5 Å². The molecular weight excluding hydrogens is 508 g/mol. The molecule has 0 aliphatic rings. The fourth-order valence-electron chi connectivity index (χ4n) is 4.50. The fourth-order valence-corrected chi connectivity index (χ4v) is 5.39. The highest BCUT2D eigenvalue weighted by molar-refractivity contribution is 7.15. The molecule has 0 atom stereocenters. The van der Waals surface area contributed by atoms with Crippen LogP contribution in [-0.2, 0) is 0 Å². The van der Waals surface area contributed by atoms with Gasteiger partial charge >= 0.3 is 0 Å². The molecule has 1 amide bonds. The second kappa shape index (κ2) is 9.26. The van der Waals surface area contributed by atoms with Gasteiger partial charge in [-0.25, -0.2) is 9.97 Å². The van der Waals surface area contributed by atoms with Gasteiger partial charge in [-0.15, -0.1) is 11.3 Å². The number of imidazole rings is 1. The number of pyridine rings is 3. The van der Waals surface area contributed by atoms with Crippen LogP contribution in [0.2, 0.25) is 0 Å². The molecule has 0 aliphatic carbocycles. The van der Waals surface area contributed by atoms with E-state index in [1.54, 1.807) is 48.3 Å². The molecule has 10 heteroatoms. The van der Waals surface area contributed by atoms with E-state index in [0.29, 0.717) is 34.1 Å². The first kappa shape index (κ1) is 22.9. The number of hydrogen-bond donors (Lipinski definition) is 3. The Kier molecular flexibility index (Phi) is 5.45. The minimum Gasteiger partial charge on any atom is -0.321 e. The number of anilines is 1. The molecule has 0 saturated heterocycles. The normalized spacial score (nSPS) is 11.3. The predicted molar refractivity (Wildman–Crippen MR) is 152 cm³/mol. The number of fused-ring (bicyclic) bond motifs is 2. The molecule has 0 bridgehead atoms.